The van der Waals surface area contributed by atoms with E-state index in [1.807, 2.05) is 6.92 Å². The average Bonchev–Trinajstić information content (AvgIpc) is 2.94. The molecule has 0 spiro atoms. The Balaban J connectivity index is 1.40. The smallest absolute Gasteiger partial charge is 0.260 e. The van der Waals surface area contributed by atoms with Crippen LogP contribution in [0.15, 0.2) is 23.0 Å². The lowest BCUT2D eigenvalue weighted by Crippen LogP contribution is -3.27. The van der Waals surface area contributed by atoms with Crippen LogP contribution < -0.4 is 15.4 Å². The maximum absolute atomic E-state index is 12.5. The van der Waals surface area contributed by atoms with Gasteiger partial charge in [-0.1, -0.05) is 23.8 Å². The molecule has 28 heavy (non-hydrogen) atoms. The highest BCUT2D eigenvalue weighted by molar-refractivity contribution is 7.18. The lowest BCUT2D eigenvalue weighted by Gasteiger charge is -2.29. The summed E-state index contributed by atoms with van der Waals surface area (Å²) in [5.74, 6) is 0.826. The molecule has 3 N–H and O–H groups in total. The number of nitrogens with zero attached hydrogens (tertiary/aromatic N) is 1. The Morgan fingerprint density at radius 2 is 1.71 bits per heavy atom. The van der Waals surface area contributed by atoms with Gasteiger partial charge >= 0.3 is 0 Å². The molecule has 2 aromatic heterocycles. The summed E-state index contributed by atoms with van der Waals surface area (Å²) in [6.45, 7) is 14.9. The average molecular weight is 399 g/mol. The van der Waals surface area contributed by atoms with Gasteiger partial charge in [-0.25, -0.2) is 4.98 Å². The Morgan fingerprint density at radius 1 is 1.04 bits per heavy atom. The molecule has 1 fully saturated rings. The van der Waals surface area contributed by atoms with Gasteiger partial charge in [-0.2, -0.15) is 0 Å². The largest absolute Gasteiger partial charge is 0.322 e. The summed E-state index contributed by atoms with van der Waals surface area (Å²) < 4.78 is 0. The van der Waals surface area contributed by atoms with Gasteiger partial charge < -0.3 is 14.8 Å². The zero-order chi connectivity index (χ0) is 19.8. The third-order valence-electron chi connectivity index (χ3n) is 6.11. The van der Waals surface area contributed by atoms with Gasteiger partial charge in [0.1, 0.15) is 44.1 Å². The Hall–Kier alpha value is -2.02. The van der Waals surface area contributed by atoms with Crippen molar-refractivity contribution in [2.24, 2.45) is 0 Å². The number of aromatic amines is 1. The molecular formula is C22H30N4OS+2. The van der Waals surface area contributed by atoms with Crippen molar-refractivity contribution in [1.82, 2.24) is 9.97 Å². The summed E-state index contributed by atoms with van der Waals surface area (Å²) >= 11 is 1.63. The lowest BCUT2D eigenvalue weighted by molar-refractivity contribution is -1.02. The summed E-state index contributed by atoms with van der Waals surface area (Å²) in [6.07, 6.45) is 0. The minimum Gasteiger partial charge on any atom is -0.322 e. The summed E-state index contributed by atoms with van der Waals surface area (Å²) in [4.78, 5) is 25.5. The van der Waals surface area contributed by atoms with E-state index >= 15 is 0 Å². The summed E-state index contributed by atoms with van der Waals surface area (Å²) in [6, 6.07) is 6.76. The second-order valence-electron chi connectivity index (χ2n) is 8.26. The van der Waals surface area contributed by atoms with Gasteiger partial charge in [0.25, 0.3) is 5.56 Å². The predicted molar refractivity (Wildman–Crippen MR) is 114 cm³/mol. The van der Waals surface area contributed by atoms with Crippen molar-refractivity contribution >= 4 is 21.6 Å². The van der Waals surface area contributed by atoms with E-state index in [0.717, 1.165) is 60.9 Å². The van der Waals surface area contributed by atoms with Gasteiger partial charge in [-0.05, 0) is 38.8 Å². The minimum atomic E-state index is 0.0143. The molecule has 1 aromatic carbocycles. The molecule has 0 atom stereocenters. The van der Waals surface area contributed by atoms with E-state index in [1.165, 1.54) is 26.5 Å². The van der Waals surface area contributed by atoms with E-state index in [0.29, 0.717) is 0 Å². The van der Waals surface area contributed by atoms with Crippen LogP contribution in [0.5, 0.6) is 0 Å². The first-order valence-electron chi connectivity index (χ1n) is 10.1. The number of rotatable bonds is 4. The van der Waals surface area contributed by atoms with Crippen molar-refractivity contribution in [3.8, 4) is 0 Å². The quantitative estimate of drug-likeness (QED) is 0.606. The molecule has 148 valence electrons. The summed E-state index contributed by atoms with van der Waals surface area (Å²) in [7, 11) is 0. The predicted octanol–water partition coefficient (Wildman–Crippen LogP) is 0.702. The molecule has 6 heteroatoms. The normalized spacial score (nSPS) is 20.0. The number of benzene rings is 1. The monoisotopic (exact) mass is 398 g/mol. The van der Waals surface area contributed by atoms with Gasteiger partial charge in [0, 0.05) is 10.4 Å². The van der Waals surface area contributed by atoms with Crippen molar-refractivity contribution in [3.63, 3.8) is 0 Å². The number of piperazine rings is 1. The lowest BCUT2D eigenvalue weighted by atomic mass is 10.0. The van der Waals surface area contributed by atoms with Crippen LogP contribution in [0.25, 0.3) is 10.2 Å². The fourth-order valence-electron chi connectivity index (χ4n) is 4.19. The second kappa shape index (κ2) is 7.78. The molecule has 1 aliphatic heterocycles. The molecule has 1 aliphatic rings. The molecule has 0 radical (unpaired) electrons. The zero-order valence-corrected chi connectivity index (χ0v) is 18.1. The van der Waals surface area contributed by atoms with Gasteiger partial charge in [-0.15, -0.1) is 11.3 Å². The van der Waals surface area contributed by atoms with Crippen LogP contribution in [0.1, 0.15) is 33.0 Å². The highest BCUT2D eigenvalue weighted by Crippen LogP contribution is 2.25. The Labute approximate surface area is 170 Å². The van der Waals surface area contributed by atoms with E-state index in [-0.39, 0.29) is 5.56 Å². The van der Waals surface area contributed by atoms with Gasteiger partial charge in [0.2, 0.25) is 0 Å². The van der Waals surface area contributed by atoms with Crippen molar-refractivity contribution < 1.29 is 9.80 Å². The SMILES string of the molecule is Cc1ccc(C)c(C[NH+]2CC[NH+](Cc3nc4sc(C)c(C)c4c(=O)[nH]3)CC2)c1. The molecule has 5 nitrogen and oxygen atoms in total. The Bertz CT molecular complexity index is 1060. The number of aryl methyl sites for hydroxylation is 4. The van der Waals surface area contributed by atoms with Gasteiger partial charge in [0.05, 0.1) is 5.39 Å². The molecule has 3 aromatic rings. The van der Waals surface area contributed by atoms with Crippen LogP contribution in [0.3, 0.4) is 0 Å². The topological polar surface area (TPSA) is 54.6 Å². The van der Waals surface area contributed by atoms with Gasteiger partial charge in [-0.3, -0.25) is 4.79 Å². The maximum atomic E-state index is 12.5. The van der Waals surface area contributed by atoms with E-state index in [4.69, 9.17) is 4.98 Å². The first-order chi connectivity index (χ1) is 13.4. The third-order valence-corrected chi connectivity index (χ3v) is 7.22. The van der Waals surface area contributed by atoms with Crippen LogP contribution in [0, 0.1) is 27.7 Å². The molecule has 0 amide bonds. The molecule has 3 heterocycles. The Morgan fingerprint density at radius 3 is 2.43 bits per heavy atom. The second-order valence-corrected chi connectivity index (χ2v) is 9.46. The molecule has 4 rings (SSSR count). The number of nitrogens with one attached hydrogen (secondary N) is 3. The standard InChI is InChI=1S/C22H28N4OS/c1-14-5-6-15(2)18(11-14)12-25-7-9-26(10-8-25)13-19-23-21(27)20-16(3)17(4)28-22(20)24-19/h5-6,11H,7-10,12-13H2,1-4H3,(H,23,24,27)/p+2. The number of hydrogen-bond acceptors (Lipinski definition) is 3. The number of quaternary nitrogens is 2. The number of fused-ring (bicyclic) bond motifs is 1. The van der Waals surface area contributed by atoms with Crippen LogP contribution in [0.2, 0.25) is 0 Å². The Kier molecular flexibility index (Phi) is 5.36. The number of hydrogen-bond donors (Lipinski definition) is 3. The van der Waals surface area contributed by atoms with Crippen LogP contribution in [-0.4, -0.2) is 36.1 Å². The summed E-state index contributed by atoms with van der Waals surface area (Å²) in [5, 5.41) is 0.768. The maximum Gasteiger partial charge on any atom is 0.260 e. The summed E-state index contributed by atoms with van der Waals surface area (Å²) in [5.41, 5.74) is 5.29. The molecule has 1 saturated heterocycles. The highest BCUT2D eigenvalue weighted by atomic mass is 32.1. The van der Waals surface area contributed by atoms with Crippen LogP contribution in [-0.2, 0) is 13.1 Å². The van der Waals surface area contributed by atoms with Crippen LogP contribution in [0.4, 0.5) is 0 Å². The first kappa shape index (κ1) is 19.3. The van der Waals surface area contributed by atoms with E-state index in [1.54, 1.807) is 16.2 Å². The van der Waals surface area contributed by atoms with Crippen LogP contribution >= 0.6 is 11.3 Å². The molecule has 0 saturated carbocycles. The van der Waals surface area contributed by atoms with Crippen molar-refractivity contribution in [2.45, 2.75) is 40.8 Å². The first-order valence-corrected chi connectivity index (χ1v) is 10.9. The fraction of sp³-hybridized carbons (Fsp3) is 0.455. The van der Waals surface area contributed by atoms with Crippen molar-refractivity contribution in [1.29, 1.82) is 0 Å². The number of thiophene rings is 1. The molecule has 0 bridgehead atoms. The van der Waals surface area contributed by atoms with Crippen molar-refractivity contribution in [2.75, 3.05) is 26.2 Å². The van der Waals surface area contributed by atoms with Crippen molar-refractivity contribution in [3.05, 3.63) is 61.5 Å². The molecule has 0 unspecified atom stereocenters. The minimum absolute atomic E-state index is 0.0143. The fourth-order valence-corrected chi connectivity index (χ4v) is 5.24. The molecular weight excluding hydrogens is 368 g/mol. The molecule has 0 aliphatic carbocycles. The number of H-pyrrole nitrogens is 1. The van der Waals surface area contributed by atoms with E-state index < -0.39 is 0 Å². The third kappa shape index (κ3) is 3.90. The number of aromatic nitrogens is 2. The highest BCUT2D eigenvalue weighted by Gasteiger charge is 2.24. The zero-order valence-electron chi connectivity index (χ0n) is 17.2. The van der Waals surface area contributed by atoms with E-state index in [2.05, 4.69) is 44.0 Å². The van der Waals surface area contributed by atoms with Gasteiger partial charge in [0.15, 0.2) is 5.82 Å². The van der Waals surface area contributed by atoms with E-state index in [9.17, 15) is 4.79 Å².